The van der Waals surface area contributed by atoms with Crippen LogP contribution in [0.1, 0.15) is 10.4 Å². The highest BCUT2D eigenvalue weighted by Gasteiger charge is 2.10. The number of amides is 1. The fourth-order valence-corrected chi connectivity index (χ4v) is 2.78. The molecule has 0 aliphatic carbocycles. The molecule has 0 aliphatic rings. The third-order valence-corrected chi connectivity index (χ3v) is 4.20. The lowest BCUT2D eigenvalue weighted by atomic mass is 10.2. The summed E-state index contributed by atoms with van der Waals surface area (Å²) in [4.78, 5) is 16.7. The highest BCUT2D eigenvalue weighted by Crippen LogP contribution is 2.32. The molecule has 0 fully saturated rings. The zero-order valence-corrected chi connectivity index (χ0v) is 15.3. The second kappa shape index (κ2) is 8.08. The van der Waals surface area contributed by atoms with Crippen LogP contribution in [0.4, 0.5) is 17.2 Å². The summed E-state index contributed by atoms with van der Waals surface area (Å²) < 4.78 is 5.15. The molecule has 0 bridgehead atoms. The van der Waals surface area contributed by atoms with Gasteiger partial charge in [-0.05, 0) is 36.4 Å². The fourth-order valence-electron chi connectivity index (χ4n) is 2.29. The molecular weight excluding hydrogens is 373 g/mol. The van der Waals surface area contributed by atoms with E-state index in [4.69, 9.17) is 27.9 Å². The molecule has 0 spiro atoms. The van der Waals surface area contributed by atoms with Crippen LogP contribution in [0.2, 0.25) is 10.0 Å². The molecule has 3 aromatic rings. The minimum Gasteiger partial charge on any atom is -0.497 e. The Morgan fingerprint density at radius 2 is 1.77 bits per heavy atom. The molecule has 2 aromatic carbocycles. The Bertz CT molecular complexity index is 927. The van der Waals surface area contributed by atoms with Crippen molar-refractivity contribution >= 4 is 46.3 Å². The maximum atomic E-state index is 12.5. The quantitative estimate of drug-likeness (QED) is 0.615. The van der Waals surface area contributed by atoms with Crippen LogP contribution in [-0.4, -0.2) is 18.0 Å². The van der Waals surface area contributed by atoms with Gasteiger partial charge >= 0.3 is 0 Å². The molecule has 1 heterocycles. The van der Waals surface area contributed by atoms with E-state index in [1.807, 2.05) is 0 Å². The lowest BCUT2D eigenvalue weighted by molar-refractivity contribution is 0.102. The Kier molecular flexibility index (Phi) is 5.61. The van der Waals surface area contributed by atoms with Gasteiger partial charge in [0.25, 0.3) is 5.91 Å². The lowest BCUT2D eigenvalue weighted by Gasteiger charge is -2.11. The number of anilines is 3. The molecule has 26 heavy (non-hydrogen) atoms. The van der Waals surface area contributed by atoms with Crippen molar-refractivity contribution in [2.75, 3.05) is 17.7 Å². The maximum Gasteiger partial charge on any atom is 0.255 e. The predicted octanol–water partition coefficient (Wildman–Crippen LogP) is 5.39. The Morgan fingerprint density at radius 3 is 2.50 bits per heavy atom. The van der Waals surface area contributed by atoms with Gasteiger partial charge in [0.2, 0.25) is 0 Å². The van der Waals surface area contributed by atoms with Gasteiger partial charge in [0, 0.05) is 23.5 Å². The second-order valence-corrected chi connectivity index (χ2v) is 6.15. The normalized spacial score (nSPS) is 10.3. The monoisotopic (exact) mass is 387 g/mol. The first-order valence-electron chi connectivity index (χ1n) is 7.69. The first kappa shape index (κ1) is 18.0. The predicted molar refractivity (Wildman–Crippen MR) is 105 cm³/mol. The first-order chi connectivity index (χ1) is 12.6. The number of pyridine rings is 1. The molecule has 1 aromatic heterocycles. The molecule has 3 rings (SSSR count). The molecule has 0 radical (unpaired) electrons. The van der Waals surface area contributed by atoms with E-state index in [1.54, 1.807) is 61.7 Å². The first-order valence-corrected chi connectivity index (χ1v) is 8.45. The second-order valence-electron chi connectivity index (χ2n) is 5.34. The van der Waals surface area contributed by atoms with Crippen LogP contribution >= 0.6 is 23.2 Å². The molecule has 0 saturated heterocycles. The van der Waals surface area contributed by atoms with Crippen LogP contribution in [0.5, 0.6) is 5.75 Å². The topological polar surface area (TPSA) is 63.2 Å². The standard InChI is InChI=1S/C19H15Cl2N3O2/c1-26-14-5-2-4-13(11-14)23-19(25)12-8-9-22-17(10-12)24-18-15(20)6-3-7-16(18)21/h2-11H,1H3,(H,22,24)(H,23,25). The van der Waals surface area contributed by atoms with E-state index in [0.717, 1.165) is 0 Å². The Labute approximate surface area is 160 Å². The minimum absolute atomic E-state index is 0.269. The van der Waals surface area contributed by atoms with Gasteiger partial charge in [0.1, 0.15) is 11.6 Å². The van der Waals surface area contributed by atoms with Crippen molar-refractivity contribution in [2.24, 2.45) is 0 Å². The minimum atomic E-state index is -0.269. The summed E-state index contributed by atoms with van der Waals surface area (Å²) in [6.07, 6.45) is 1.54. The average Bonchev–Trinajstić information content (AvgIpc) is 2.65. The molecular formula is C19H15Cl2N3O2. The number of hydrogen-bond acceptors (Lipinski definition) is 4. The van der Waals surface area contributed by atoms with Crippen molar-refractivity contribution in [3.63, 3.8) is 0 Å². The number of halogens is 2. The molecule has 0 saturated carbocycles. The van der Waals surface area contributed by atoms with Gasteiger partial charge in [-0.1, -0.05) is 35.3 Å². The third kappa shape index (κ3) is 4.25. The van der Waals surface area contributed by atoms with Gasteiger partial charge in [-0.3, -0.25) is 4.79 Å². The van der Waals surface area contributed by atoms with Gasteiger partial charge in [-0.15, -0.1) is 0 Å². The van der Waals surface area contributed by atoms with Gasteiger partial charge < -0.3 is 15.4 Å². The highest BCUT2D eigenvalue weighted by molar-refractivity contribution is 6.39. The number of carbonyl (C=O) groups excluding carboxylic acids is 1. The van der Waals surface area contributed by atoms with Crippen molar-refractivity contribution in [1.82, 2.24) is 4.98 Å². The van der Waals surface area contributed by atoms with Crippen molar-refractivity contribution in [2.45, 2.75) is 0 Å². The van der Waals surface area contributed by atoms with Crippen molar-refractivity contribution in [3.8, 4) is 5.75 Å². The van der Waals surface area contributed by atoms with Gasteiger partial charge in [-0.2, -0.15) is 0 Å². The zero-order chi connectivity index (χ0) is 18.5. The SMILES string of the molecule is COc1cccc(NC(=O)c2ccnc(Nc3c(Cl)cccc3Cl)c2)c1. The molecule has 0 unspecified atom stereocenters. The summed E-state index contributed by atoms with van der Waals surface area (Å²) in [6, 6.07) is 15.5. The number of nitrogens with zero attached hydrogens (tertiary/aromatic N) is 1. The van der Waals surface area contributed by atoms with E-state index in [-0.39, 0.29) is 5.91 Å². The van der Waals surface area contributed by atoms with Crippen LogP contribution in [-0.2, 0) is 0 Å². The number of benzene rings is 2. The number of methoxy groups -OCH3 is 1. The molecule has 132 valence electrons. The van der Waals surface area contributed by atoms with Crippen LogP contribution in [0, 0.1) is 0 Å². The number of hydrogen-bond donors (Lipinski definition) is 2. The number of rotatable bonds is 5. The molecule has 0 aliphatic heterocycles. The van der Waals surface area contributed by atoms with Crippen molar-refractivity contribution in [1.29, 1.82) is 0 Å². The van der Waals surface area contributed by atoms with Crippen molar-refractivity contribution < 1.29 is 9.53 Å². The van der Waals surface area contributed by atoms with Crippen LogP contribution in [0.3, 0.4) is 0 Å². The summed E-state index contributed by atoms with van der Waals surface area (Å²) >= 11 is 12.3. The summed E-state index contributed by atoms with van der Waals surface area (Å²) in [5, 5.41) is 6.79. The average molecular weight is 388 g/mol. The summed E-state index contributed by atoms with van der Waals surface area (Å²) in [5.41, 5.74) is 1.61. The van der Waals surface area contributed by atoms with E-state index in [2.05, 4.69) is 15.6 Å². The number of para-hydroxylation sites is 1. The van der Waals surface area contributed by atoms with Crippen LogP contribution in [0.15, 0.2) is 60.8 Å². The summed E-state index contributed by atoms with van der Waals surface area (Å²) in [6.45, 7) is 0. The number of carbonyl (C=O) groups is 1. The lowest BCUT2D eigenvalue weighted by Crippen LogP contribution is -2.12. The number of ether oxygens (including phenoxy) is 1. The van der Waals surface area contributed by atoms with E-state index in [0.29, 0.717) is 38.6 Å². The zero-order valence-electron chi connectivity index (χ0n) is 13.8. The number of nitrogens with one attached hydrogen (secondary N) is 2. The van der Waals surface area contributed by atoms with E-state index >= 15 is 0 Å². The van der Waals surface area contributed by atoms with Gasteiger partial charge in [0.15, 0.2) is 0 Å². The Balaban J connectivity index is 1.79. The fraction of sp³-hybridized carbons (Fsp3) is 0.0526. The Morgan fingerprint density at radius 1 is 1.04 bits per heavy atom. The number of aromatic nitrogens is 1. The van der Waals surface area contributed by atoms with Crippen molar-refractivity contribution in [3.05, 3.63) is 76.4 Å². The maximum absolute atomic E-state index is 12.5. The Hall–Kier alpha value is -2.76. The van der Waals surface area contributed by atoms with Crippen LogP contribution in [0.25, 0.3) is 0 Å². The molecule has 1 amide bonds. The smallest absolute Gasteiger partial charge is 0.255 e. The third-order valence-electron chi connectivity index (χ3n) is 3.57. The van der Waals surface area contributed by atoms with E-state index in [9.17, 15) is 4.79 Å². The van der Waals surface area contributed by atoms with Crippen LogP contribution < -0.4 is 15.4 Å². The summed E-state index contributed by atoms with van der Waals surface area (Å²) in [7, 11) is 1.57. The van der Waals surface area contributed by atoms with E-state index in [1.165, 1.54) is 6.20 Å². The molecule has 5 nitrogen and oxygen atoms in total. The molecule has 2 N–H and O–H groups in total. The largest absolute Gasteiger partial charge is 0.497 e. The molecule has 7 heteroatoms. The highest BCUT2D eigenvalue weighted by atomic mass is 35.5. The molecule has 0 atom stereocenters. The summed E-state index contributed by atoms with van der Waals surface area (Å²) in [5.74, 6) is 0.848. The van der Waals surface area contributed by atoms with Gasteiger partial charge in [-0.25, -0.2) is 4.98 Å². The van der Waals surface area contributed by atoms with E-state index < -0.39 is 0 Å². The van der Waals surface area contributed by atoms with Gasteiger partial charge in [0.05, 0.1) is 22.8 Å².